The van der Waals surface area contributed by atoms with Crippen LogP contribution in [0.5, 0.6) is 0 Å². The molecule has 164 valence electrons. The van der Waals surface area contributed by atoms with Gasteiger partial charge in [-0.2, -0.15) is 0 Å². The van der Waals surface area contributed by atoms with Crippen LogP contribution in [0.1, 0.15) is 15.9 Å². The molecule has 6 aromatic rings. The first-order chi connectivity index (χ1) is 16.6. The molecule has 0 aromatic carbocycles. The standard InChI is InChI=1S/C25H14Br2N6O/c26-21-7-5-15(11-30-21)32-13-19(17-3-1-9-28-24(17)32)23(34)20-14-33(16-6-8-22(27)31-12-16)25-18(20)4-2-10-29-25/h1-14H. The van der Waals surface area contributed by atoms with Gasteiger partial charge in [0.05, 0.1) is 34.9 Å². The van der Waals surface area contributed by atoms with E-state index in [0.717, 1.165) is 31.4 Å². The van der Waals surface area contributed by atoms with Crippen LogP contribution in [0.2, 0.25) is 0 Å². The Hall–Kier alpha value is -3.69. The molecule has 0 aliphatic rings. The summed E-state index contributed by atoms with van der Waals surface area (Å²) in [5.74, 6) is -0.108. The molecule has 6 aromatic heterocycles. The second-order valence-electron chi connectivity index (χ2n) is 7.58. The van der Waals surface area contributed by atoms with E-state index in [1.165, 1.54) is 0 Å². The zero-order chi connectivity index (χ0) is 23.2. The SMILES string of the molecule is O=C(c1cn(-c2ccc(Br)nc2)c2ncccc12)c1cn(-c2ccc(Br)nc2)c2ncccc12. The second kappa shape index (κ2) is 8.27. The average molecular weight is 574 g/mol. The van der Waals surface area contributed by atoms with Gasteiger partial charge in [-0.25, -0.2) is 19.9 Å². The summed E-state index contributed by atoms with van der Waals surface area (Å²) in [5.41, 5.74) is 4.13. The first kappa shape index (κ1) is 20.9. The number of carbonyl (C=O) groups is 1. The summed E-state index contributed by atoms with van der Waals surface area (Å²) in [5, 5.41) is 1.54. The number of aromatic nitrogens is 6. The molecule has 0 radical (unpaired) electrons. The average Bonchev–Trinajstić information content (AvgIpc) is 3.44. The summed E-state index contributed by atoms with van der Waals surface area (Å²) >= 11 is 6.74. The van der Waals surface area contributed by atoms with Crippen molar-refractivity contribution >= 4 is 59.7 Å². The lowest BCUT2D eigenvalue weighted by Crippen LogP contribution is -2.00. The van der Waals surface area contributed by atoms with Gasteiger partial charge in [0.25, 0.3) is 0 Å². The van der Waals surface area contributed by atoms with Crippen LogP contribution < -0.4 is 0 Å². The number of nitrogens with zero attached hydrogens (tertiary/aromatic N) is 6. The Balaban J connectivity index is 1.54. The van der Waals surface area contributed by atoms with Crippen molar-refractivity contribution in [3.63, 3.8) is 0 Å². The molecule has 0 aliphatic carbocycles. The van der Waals surface area contributed by atoms with Gasteiger partial charge < -0.3 is 0 Å². The lowest BCUT2D eigenvalue weighted by Gasteiger charge is -2.03. The molecule has 0 saturated carbocycles. The zero-order valence-electron chi connectivity index (χ0n) is 17.4. The van der Waals surface area contributed by atoms with E-state index in [0.29, 0.717) is 22.4 Å². The van der Waals surface area contributed by atoms with E-state index in [-0.39, 0.29) is 5.78 Å². The van der Waals surface area contributed by atoms with Crippen molar-refractivity contribution in [1.29, 1.82) is 0 Å². The van der Waals surface area contributed by atoms with Crippen LogP contribution in [0.15, 0.2) is 94.9 Å². The quantitative estimate of drug-likeness (QED) is 0.193. The summed E-state index contributed by atoms with van der Waals surface area (Å²) in [4.78, 5) is 31.7. The maximum Gasteiger partial charge on any atom is 0.197 e. The zero-order valence-corrected chi connectivity index (χ0v) is 20.6. The van der Waals surface area contributed by atoms with Gasteiger partial charge >= 0.3 is 0 Å². The van der Waals surface area contributed by atoms with Crippen LogP contribution in [0.3, 0.4) is 0 Å². The van der Waals surface area contributed by atoms with Gasteiger partial charge in [-0.3, -0.25) is 13.9 Å². The van der Waals surface area contributed by atoms with Crippen molar-refractivity contribution in [2.24, 2.45) is 0 Å². The highest BCUT2D eigenvalue weighted by molar-refractivity contribution is 9.10. The summed E-state index contributed by atoms with van der Waals surface area (Å²) in [7, 11) is 0. The third-order valence-electron chi connectivity index (χ3n) is 5.60. The normalized spacial score (nSPS) is 11.4. The van der Waals surface area contributed by atoms with Crippen LogP contribution in [0.25, 0.3) is 33.4 Å². The van der Waals surface area contributed by atoms with Gasteiger partial charge in [0.2, 0.25) is 0 Å². The molecule has 0 N–H and O–H groups in total. The Labute approximate surface area is 210 Å². The molecule has 34 heavy (non-hydrogen) atoms. The largest absolute Gasteiger partial charge is 0.299 e. The number of carbonyl (C=O) groups excluding carboxylic acids is 1. The van der Waals surface area contributed by atoms with E-state index < -0.39 is 0 Å². The number of hydrogen-bond donors (Lipinski definition) is 0. The van der Waals surface area contributed by atoms with Gasteiger partial charge in [0.15, 0.2) is 5.78 Å². The van der Waals surface area contributed by atoms with Crippen LogP contribution in [-0.2, 0) is 0 Å². The molecular formula is C25H14Br2N6O. The van der Waals surface area contributed by atoms with E-state index in [9.17, 15) is 4.79 Å². The first-order valence-electron chi connectivity index (χ1n) is 10.3. The maximum atomic E-state index is 13.9. The van der Waals surface area contributed by atoms with Crippen molar-refractivity contribution in [3.05, 3.63) is 106 Å². The van der Waals surface area contributed by atoms with Crippen LogP contribution >= 0.6 is 31.9 Å². The summed E-state index contributed by atoms with van der Waals surface area (Å²) in [6.07, 6.45) is 10.6. The van der Waals surface area contributed by atoms with Crippen molar-refractivity contribution in [1.82, 2.24) is 29.1 Å². The summed E-state index contributed by atoms with van der Waals surface area (Å²) in [6, 6.07) is 15.1. The molecule has 0 saturated heterocycles. The number of halogens is 2. The number of rotatable bonds is 4. The molecule has 0 bridgehead atoms. The summed E-state index contributed by atoms with van der Waals surface area (Å²) < 4.78 is 5.25. The number of ketones is 1. The molecule has 0 aliphatic heterocycles. The van der Waals surface area contributed by atoms with Gasteiger partial charge in [0, 0.05) is 35.6 Å². The topological polar surface area (TPSA) is 78.5 Å². The lowest BCUT2D eigenvalue weighted by molar-refractivity contribution is 0.104. The lowest BCUT2D eigenvalue weighted by atomic mass is 10.0. The molecule has 7 nitrogen and oxygen atoms in total. The van der Waals surface area contributed by atoms with Crippen molar-refractivity contribution in [2.75, 3.05) is 0 Å². The highest BCUT2D eigenvalue weighted by Gasteiger charge is 2.23. The van der Waals surface area contributed by atoms with Gasteiger partial charge in [0.1, 0.15) is 20.5 Å². The molecular weight excluding hydrogens is 560 g/mol. The van der Waals surface area contributed by atoms with Crippen LogP contribution in [-0.4, -0.2) is 34.9 Å². The number of fused-ring (bicyclic) bond motifs is 2. The molecule has 6 rings (SSSR count). The fourth-order valence-corrected chi connectivity index (χ4v) is 4.51. The third kappa shape index (κ3) is 3.44. The Morgan fingerprint density at radius 3 is 1.53 bits per heavy atom. The molecule has 0 fully saturated rings. The Bertz CT molecular complexity index is 1560. The molecule has 0 amide bonds. The van der Waals surface area contributed by atoms with E-state index in [4.69, 9.17) is 0 Å². The Morgan fingerprint density at radius 1 is 0.647 bits per heavy atom. The number of pyridine rings is 4. The molecule has 9 heteroatoms. The van der Waals surface area contributed by atoms with E-state index in [1.807, 2.05) is 70.1 Å². The molecule has 0 unspecified atom stereocenters. The van der Waals surface area contributed by atoms with Crippen molar-refractivity contribution in [3.8, 4) is 11.4 Å². The van der Waals surface area contributed by atoms with Crippen LogP contribution in [0, 0.1) is 0 Å². The molecule has 0 spiro atoms. The van der Waals surface area contributed by atoms with Crippen molar-refractivity contribution in [2.45, 2.75) is 0 Å². The first-order valence-corrected chi connectivity index (χ1v) is 11.9. The van der Waals surface area contributed by atoms with E-state index >= 15 is 0 Å². The third-order valence-corrected chi connectivity index (χ3v) is 6.53. The highest BCUT2D eigenvalue weighted by atomic mass is 79.9. The smallest absolute Gasteiger partial charge is 0.197 e. The predicted molar refractivity (Wildman–Crippen MR) is 137 cm³/mol. The minimum absolute atomic E-state index is 0.108. The highest BCUT2D eigenvalue weighted by Crippen LogP contribution is 2.30. The van der Waals surface area contributed by atoms with E-state index in [1.54, 1.807) is 24.8 Å². The monoisotopic (exact) mass is 572 g/mol. The minimum Gasteiger partial charge on any atom is -0.299 e. The molecule has 0 atom stereocenters. The minimum atomic E-state index is -0.108. The molecule has 6 heterocycles. The second-order valence-corrected chi connectivity index (χ2v) is 9.21. The fourth-order valence-electron chi connectivity index (χ4n) is 4.04. The Morgan fingerprint density at radius 2 is 1.12 bits per heavy atom. The Kier molecular flexibility index (Phi) is 5.08. The van der Waals surface area contributed by atoms with Crippen LogP contribution in [0.4, 0.5) is 0 Å². The number of hydrogen-bond acceptors (Lipinski definition) is 5. The van der Waals surface area contributed by atoms with Gasteiger partial charge in [-0.05, 0) is 80.4 Å². The van der Waals surface area contributed by atoms with Crippen molar-refractivity contribution < 1.29 is 4.79 Å². The van der Waals surface area contributed by atoms with E-state index in [2.05, 4.69) is 51.8 Å². The fraction of sp³-hybridized carbons (Fsp3) is 0. The predicted octanol–water partition coefficient (Wildman–Crippen LogP) is 5.91. The maximum absolute atomic E-state index is 13.9. The van der Waals surface area contributed by atoms with Gasteiger partial charge in [-0.1, -0.05) is 0 Å². The van der Waals surface area contributed by atoms with Gasteiger partial charge in [-0.15, -0.1) is 0 Å². The summed E-state index contributed by atoms with van der Waals surface area (Å²) in [6.45, 7) is 0.